The molecule has 1 heterocycles. The van der Waals surface area contributed by atoms with Crippen molar-refractivity contribution in [3.63, 3.8) is 0 Å². The second-order valence-electron chi connectivity index (χ2n) is 4.19. The number of aryl methyl sites for hydroxylation is 1. The zero-order chi connectivity index (χ0) is 13.3. The van der Waals surface area contributed by atoms with E-state index in [0.717, 1.165) is 25.2 Å². The van der Waals surface area contributed by atoms with Crippen molar-refractivity contribution in [2.24, 2.45) is 0 Å². The molecule has 4 nitrogen and oxygen atoms in total. The standard InChI is InChI=1S/C15H19N3O/c1-2-19-15-11-14(17-12-18-15)16-10-6-9-13-7-4-3-5-8-13/h3-5,7-8,11-12H,2,6,9-10H2,1H3,(H,16,17,18). The number of aromatic nitrogens is 2. The van der Waals surface area contributed by atoms with Gasteiger partial charge in [0.25, 0.3) is 0 Å². The van der Waals surface area contributed by atoms with Gasteiger partial charge in [-0.15, -0.1) is 0 Å². The van der Waals surface area contributed by atoms with Crippen LogP contribution in [0, 0.1) is 0 Å². The number of hydrogen-bond acceptors (Lipinski definition) is 4. The smallest absolute Gasteiger partial charge is 0.218 e. The van der Waals surface area contributed by atoms with Gasteiger partial charge in [0, 0.05) is 12.6 Å². The normalized spacial score (nSPS) is 10.2. The largest absolute Gasteiger partial charge is 0.478 e. The Bertz CT molecular complexity index is 488. The Hall–Kier alpha value is -2.10. The first kappa shape index (κ1) is 13.3. The summed E-state index contributed by atoms with van der Waals surface area (Å²) in [4.78, 5) is 8.20. The molecule has 1 aromatic heterocycles. The zero-order valence-electron chi connectivity index (χ0n) is 11.2. The summed E-state index contributed by atoms with van der Waals surface area (Å²) in [7, 11) is 0. The zero-order valence-corrected chi connectivity index (χ0v) is 11.2. The average Bonchev–Trinajstić information content (AvgIpc) is 2.46. The Morgan fingerprint density at radius 2 is 2.00 bits per heavy atom. The van der Waals surface area contributed by atoms with Gasteiger partial charge in [-0.05, 0) is 25.3 Å². The number of hydrogen-bond donors (Lipinski definition) is 1. The number of benzene rings is 1. The van der Waals surface area contributed by atoms with Gasteiger partial charge in [-0.1, -0.05) is 30.3 Å². The minimum Gasteiger partial charge on any atom is -0.478 e. The molecule has 2 aromatic rings. The van der Waals surface area contributed by atoms with Crippen LogP contribution < -0.4 is 10.1 Å². The number of nitrogens with zero attached hydrogens (tertiary/aromatic N) is 2. The van der Waals surface area contributed by atoms with Crippen molar-refractivity contribution in [1.29, 1.82) is 0 Å². The lowest BCUT2D eigenvalue weighted by Crippen LogP contribution is -2.05. The number of ether oxygens (including phenoxy) is 1. The molecule has 0 aliphatic carbocycles. The summed E-state index contributed by atoms with van der Waals surface area (Å²) >= 11 is 0. The van der Waals surface area contributed by atoms with Gasteiger partial charge in [0.1, 0.15) is 12.1 Å². The van der Waals surface area contributed by atoms with Crippen molar-refractivity contribution in [3.05, 3.63) is 48.3 Å². The molecule has 0 aliphatic rings. The summed E-state index contributed by atoms with van der Waals surface area (Å²) in [5.74, 6) is 1.43. The van der Waals surface area contributed by atoms with Crippen LogP contribution in [0.15, 0.2) is 42.7 Å². The van der Waals surface area contributed by atoms with Crippen LogP contribution in [0.5, 0.6) is 5.88 Å². The van der Waals surface area contributed by atoms with Crippen molar-refractivity contribution in [2.45, 2.75) is 19.8 Å². The van der Waals surface area contributed by atoms with Gasteiger partial charge in [0.2, 0.25) is 5.88 Å². The molecule has 0 unspecified atom stereocenters. The van der Waals surface area contributed by atoms with Gasteiger partial charge in [0.05, 0.1) is 6.61 Å². The minimum absolute atomic E-state index is 0.614. The van der Waals surface area contributed by atoms with Crippen LogP contribution >= 0.6 is 0 Å². The predicted octanol–water partition coefficient (Wildman–Crippen LogP) is 2.92. The van der Waals surface area contributed by atoms with E-state index in [-0.39, 0.29) is 0 Å². The van der Waals surface area contributed by atoms with Gasteiger partial charge in [0.15, 0.2) is 0 Å². The molecule has 0 radical (unpaired) electrons. The minimum atomic E-state index is 0.614. The molecule has 19 heavy (non-hydrogen) atoms. The van der Waals surface area contributed by atoms with Crippen LogP contribution in [-0.2, 0) is 6.42 Å². The van der Waals surface area contributed by atoms with E-state index >= 15 is 0 Å². The Balaban J connectivity index is 1.75. The maximum absolute atomic E-state index is 5.33. The molecule has 100 valence electrons. The molecule has 1 N–H and O–H groups in total. The Labute approximate surface area is 113 Å². The third kappa shape index (κ3) is 4.58. The summed E-state index contributed by atoms with van der Waals surface area (Å²) in [6, 6.07) is 12.3. The van der Waals surface area contributed by atoms with Crippen LogP contribution in [0.3, 0.4) is 0 Å². The third-order valence-electron chi connectivity index (χ3n) is 2.73. The Morgan fingerprint density at radius 3 is 2.79 bits per heavy atom. The summed E-state index contributed by atoms with van der Waals surface area (Å²) in [6.45, 7) is 3.44. The van der Waals surface area contributed by atoms with E-state index in [9.17, 15) is 0 Å². The van der Waals surface area contributed by atoms with Gasteiger partial charge in [-0.3, -0.25) is 0 Å². The fourth-order valence-electron chi connectivity index (χ4n) is 1.82. The highest BCUT2D eigenvalue weighted by Gasteiger charge is 1.98. The maximum Gasteiger partial charge on any atom is 0.218 e. The van der Waals surface area contributed by atoms with Gasteiger partial charge < -0.3 is 10.1 Å². The van der Waals surface area contributed by atoms with Crippen molar-refractivity contribution in [3.8, 4) is 5.88 Å². The van der Waals surface area contributed by atoms with E-state index in [1.807, 2.05) is 19.1 Å². The van der Waals surface area contributed by atoms with E-state index in [4.69, 9.17) is 4.74 Å². The van der Waals surface area contributed by atoms with Crippen molar-refractivity contribution in [1.82, 2.24) is 9.97 Å². The first-order valence-corrected chi connectivity index (χ1v) is 6.61. The molecule has 0 atom stereocenters. The van der Waals surface area contributed by atoms with Crippen molar-refractivity contribution in [2.75, 3.05) is 18.5 Å². The lowest BCUT2D eigenvalue weighted by atomic mass is 10.1. The molecule has 0 spiro atoms. The second kappa shape index (κ2) is 7.36. The molecule has 0 bridgehead atoms. The third-order valence-corrected chi connectivity index (χ3v) is 2.73. The van der Waals surface area contributed by atoms with Crippen molar-refractivity contribution >= 4 is 5.82 Å². The molecular weight excluding hydrogens is 238 g/mol. The lowest BCUT2D eigenvalue weighted by molar-refractivity contribution is 0.326. The first-order valence-electron chi connectivity index (χ1n) is 6.61. The molecule has 0 saturated heterocycles. The fourth-order valence-corrected chi connectivity index (χ4v) is 1.82. The molecule has 0 aliphatic heterocycles. The highest BCUT2D eigenvalue weighted by molar-refractivity contribution is 5.36. The Morgan fingerprint density at radius 1 is 1.16 bits per heavy atom. The molecule has 2 rings (SSSR count). The highest BCUT2D eigenvalue weighted by atomic mass is 16.5. The molecule has 0 amide bonds. The number of rotatable bonds is 7. The fraction of sp³-hybridized carbons (Fsp3) is 0.333. The summed E-state index contributed by atoms with van der Waals surface area (Å²) in [5.41, 5.74) is 1.36. The van der Waals surface area contributed by atoms with Crippen molar-refractivity contribution < 1.29 is 4.74 Å². The molecule has 4 heteroatoms. The Kier molecular flexibility index (Phi) is 5.17. The van der Waals surface area contributed by atoms with Gasteiger partial charge in [-0.25, -0.2) is 9.97 Å². The van der Waals surface area contributed by atoms with E-state index in [2.05, 4.69) is 39.6 Å². The molecule has 1 aromatic carbocycles. The second-order valence-corrected chi connectivity index (χ2v) is 4.19. The van der Waals surface area contributed by atoms with Crippen LogP contribution in [0.4, 0.5) is 5.82 Å². The van der Waals surface area contributed by atoms with Crippen LogP contribution in [0.1, 0.15) is 18.9 Å². The average molecular weight is 257 g/mol. The summed E-state index contributed by atoms with van der Waals surface area (Å²) in [6.07, 6.45) is 3.65. The van der Waals surface area contributed by atoms with E-state index in [0.29, 0.717) is 12.5 Å². The van der Waals surface area contributed by atoms with Gasteiger partial charge in [-0.2, -0.15) is 0 Å². The highest BCUT2D eigenvalue weighted by Crippen LogP contribution is 2.11. The topological polar surface area (TPSA) is 47.0 Å². The van der Waals surface area contributed by atoms with Crippen LogP contribution in [0.2, 0.25) is 0 Å². The quantitative estimate of drug-likeness (QED) is 0.775. The predicted molar refractivity (Wildman–Crippen MR) is 76.5 cm³/mol. The molecule has 0 fully saturated rings. The SMILES string of the molecule is CCOc1cc(NCCCc2ccccc2)ncn1. The van der Waals surface area contributed by atoms with E-state index in [1.165, 1.54) is 11.9 Å². The van der Waals surface area contributed by atoms with E-state index in [1.54, 1.807) is 0 Å². The maximum atomic E-state index is 5.33. The molecular formula is C15H19N3O. The van der Waals surface area contributed by atoms with Crippen LogP contribution in [-0.4, -0.2) is 23.1 Å². The van der Waals surface area contributed by atoms with Crippen LogP contribution in [0.25, 0.3) is 0 Å². The first-order chi connectivity index (χ1) is 9.38. The summed E-state index contributed by atoms with van der Waals surface area (Å²) in [5, 5.41) is 3.28. The summed E-state index contributed by atoms with van der Waals surface area (Å²) < 4.78 is 5.33. The number of anilines is 1. The number of nitrogens with one attached hydrogen (secondary N) is 1. The molecule has 0 saturated carbocycles. The lowest BCUT2D eigenvalue weighted by Gasteiger charge is -2.07. The van der Waals surface area contributed by atoms with Gasteiger partial charge >= 0.3 is 0 Å². The van der Waals surface area contributed by atoms with E-state index < -0.39 is 0 Å². The monoisotopic (exact) mass is 257 g/mol.